The van der Waals surface area contributed by atoms with Gasteiger partial charge in [0.2, 0.25) is 12.1 Å². The number of hydrogen-bond acceptors (Lipinski definition) is 13. The first-order chi connectivity index (χ1) is 20.0. The molecule has 0 radical (unpaired) electrons. The summed E-state index contributed by atoms with van der Waals surface area (Å²) >= 11 is 0. The number of rotatable bonds is 5. The van der Waals surface area contributed by atoms with E-state index in [2.05, 4.69) is 9.97 Å². The second kappa shape index (κ2) is 14.7. The van der Waals surface area contributed by atoms with E-state index in [0.29, 0.717) is 78.1 Å². The van der Waals surface area contributed by atoms with E-state index in [9.17, 15) is 13.2 Å². The molecule has 2 aliphatic heterocycles. The molecule has 1 fully saturated rings. The summed E-state index contributed by atoms with van der Waals surface area (Å²) in [6.07, 6.45) is 0.0639. The topological polar surface area (TPSA) is 207 Å². The van der Waals surface area contributed by atoms with Crippen molar-refractivity contribution in [3.63, 3.8) is 0 Å². The number of carbonyl (C=O) groups excluding carboxylic acids is 1. The van der Waals surface area contributed by atoms with E-state index in [1.54, 1.807) is 37.3 Å². The van der Waals surface area contributed by atoms with Crippen LogP contribution in [0.15, 0.2) is 36.4 Å². The molecule has 3 heterocycles. The lowest BCUT2D eigenvalue weighted by molar-refractivity contribution is -0.141. The van der Waals surface area contributed by atoms with Gasteiger partial charge in [0.05, 0.1) is 39.2 Å². The van der Waals surface area contributed by atoms with Crippen molar-refractivity contribution >= 4 is 38.7 Å². The van der Waals surface area contributed by atoms with E-state index in [1.165, 1.54) is 0 Å². The van der Waals surface area contributed by atoms with Crippen LogP contribution in [0, 0.1) is 0 Å². The van der Waals surface area contributed by atoms with Crippen LogP contribution in [0.1, 0.15) is 0 Å². The number of carbonyl (C=O) groups is 1. The molecule has 0 aliphatic carbocycles. The summed E-state index contributed by atoms with van der Waals surface area (Å²) in [5, 5.41) is 15.9. The normalized spacial score (nSPS) is 16.0. The Morgan fingerprint density at radius 1 is 1.02 bits per heavy atom. The van der Waals surface area contributed by atoms with Gasteiger partial charge in [-0.15, -0.1) is 0 Å². The average Bonchev–Trinajstić information content (AvgIpc) is 2.99. The van der Waals surface area contributed by atoms with E-state index in [-0.39, 0.29) is 25.7 Å². The number of aliphatic hydroxyl groups is 2. The van der Waals surface area contributed by atoms with Crippen molar-refractivity contribution in [2.45, 2.75) is 6.10 Å². The summed E-state index contributed by atoms with van der Waals surface area (Å²) in [4.78, 5) is 26.0. The number of aliphatic hydroxyl groups excluding tert-OH is 2. The van der Waals surface area contributed by atoms with Crippen LogP contribution in [-0.2, 0) is 14.9 Å². The Morgan fingerprint density at radius 2 is 1.60 bits per heavy atom. The molecule has 5 N–H and O–H groups in total. The predicted molar refractivity (Wildman–Crippen MR) is 154 cm³/mol. The molecule has 1 atom stereocenters. The summed E-state index contributed by atoms with van der Waals surface area (Å²) in [5.41, 5.74) is 6.89. The number of hydrogen-bond donors (Lipinski definition) is 4. The highest BCUT2D eigenvalue weighted by molar-refractivity contribution is 7.85. The van der Waals surface area contributed by atoms with Gasteiger partial charge in [-0.2, -0.15) is 13.4 Å². The molecular formula is C26H35N5O10S. The maximum Gasteiger partial charge on any atom is 0.267 e. The molecule has 0 spiro atoms. The number of piperazine rings is 1. The number of benzene rings is 2. The first-order valence-corrected chi connectivity index (χ1v) is 14.6. The first-order valence-electron chi connectivity index (χ1n) is 12.7. The van der Waals surface area contributed by atoms with Gasteiger partial charge in [-0.25, -0.2) is 4.98 Å². The fourth-order valence-electron chi connectivity index (χ4n) is 4.08. The third-order valence-electron chi connectivity index (χ3n) is 5.98. The highest BCUT2D eigenvalue weighted by atomic mass is 32.2. The maximum atomic E-state index is 13.0. The van der Waals surface area contributed by atoms with Crippen molar-refractivity contribution in [3.8, 4) is 23.0 Å². The van der Waals surface area contributed by atoms with Crippen LogP contribution in [-0.4, -0.2) is 117 Å². The number of para-hydroxylation sites is 2. The van der Waals surface area contributed by atoms with Gasteiger partial charge in [-0.1, -0.05) is 12.1 Å². The van der Waals surface area contributed by atoms with Gasteiger partial charge in [-0.05, 0) is 18.2 Å². The van der Waals surface area contributed by atoms with Crippen LogP contribution < -0.4 is 29.6 Å². The van der Waals surface area contributed by atoms with E-state index in [4.69, 9.17) is 39.4 Å². The number of anilines is 2. The quantitative estimate of drug-likeness (QED) is 0.285. The minimum atomic E-state index is -3.67. The summed E-state index contributed by atoms with van der Waals surface area (Å²) in [5.74, 6) is 3.18. The van der Waals surface area contributed by atoms with E-state index >= 15 is 0 Å². The lowest BCUT2D eigenvalue weighted by atomic mass is 10.2. The van der Waals surface area contributed by atoms with Gasteiger partial charge in [0.15, 0.2) is 23.0 Å². The van der Waals surface area contributed by atoms with Gasteiger partial charge >= 0.3 is 0 Å². The molecule has 0 saturated carbocycles. The molecular weight excluding hydrogens is 574 g/mol. The largest absolute Gasteiger partial charge is 0.493 e. The standard InChI is InChI=1S/C23H25N5O5.C2H6O2.CH4O3S/c1-30-18-11-14-15(12-19(18)31-2)25-23(26-21(14)24)28-9-7-27(8-10-28)22(29)20-13-32-16-5-3-4-6-17(16)33-20;3-1-2-4;1-5(2,3)4/h3-6,11-12,20H,7-10,13H2,1-2H3,(H2,24,25,26);3-4H,1-2H2;1H3,(H,2,3,4). The Balaban J connectivity index is 0.000000473. The Morgan fingerprint density at radius 3 is 2.17 bits per heavy atom. The molecule has 15 nitrogen and oxygen atoms in total. The lowest BCUT2D eigenvalue weighted by Crippen LogP contribution is -2.54. The molecule has 2 aromatic carbocycles. The van der Waals surface area contributed by atoms with Crippen molar-refractivity contribution in [2.24, 2.45) is 0 Å². The lowest BCUT2D eigenvalue weighted by Gasteiger charge is -2.37. The molecule has 1 amide bonds. The van der Waals surface area contributed by atoms with Crippen LogP contribution in [0.5, 0.6) is 23.0 Å². The van der Waals surface area contributed by atoms with Gasteiger partial charge in [-0.3, -0.25) is 9.35 Å². The van der Waals surface area contributed by atoms with Crippen LogP contribution in [0.25, 0.3) is 10.9 Å². The Labute approximate surface area is 243 Å². The second-order valence-corrected chi connectivity index (χ2v) is 10.5. The summed E-state index contributed by atoms with van der Waals surface area (Å²) in [7, 11) is -0.524. The van der Waals surface area contributed by atoms with E-state index in [1.807, 2.05) is 23.1 Å². The number of nitrogen functional groups attached to an aromatic ring is 1. The molecule has 1 saturated heterocycles. The van der Waals surface area contributed by atoms with Crippen molar-refractivity contribution in [3.05, 3.63) is 36.4 Å². The van der Waals surface area contributed by atoms with Gasteiger partial charge < -0.3 is 44.7 Å². The summed E-state index contributed by atoms with van der Waals surface area (Å²) in [6.45, 7) is 2.15. The zero-order valence-corrected chi connectivity index (χ0v) is 24.3. The summed E-state index contributed by atoms with van der Waals surface area (Å²) in [6, 6.07) is 10.9. The molecule has 1 unspecified atom stereocenters. The van der Waals surface area contributed by atoms with E-state index in [0.717, 1.165) is 0 Å². The molecule has 42 heavy (non-hydrogen) atoms. The Bertz CT molecular complexity index is 1460. The van der Waals surface area contributed by atoms with Crippen molar-refractivity contribution in [1.82, 2.24) is 14.9 Å². The van der Waals surface area contributed by atoms with Crippen molar-refractivity contribution in [1.29, 1.82) is 0 Å². The van der Waals surface area contributed by atoms with Crippen LogP contribution in [0.3, 0.4) is 0 Å². The molecule has 16 heteroatoms. The number of aromatic nitrogens is 2. The van der Waals surface area contributed by atoms with Crippen LogP contribution in [0.4, 0.5) is 11.8 Å². The molecule has 5 rings (SSSR count). The van der Waals surface area contributed by atoms with Crippen LogP contribution in [0.2, 0.25) is 0 Å². The van der Waals surface area contributed by atoms with Gasteiger partial charge in [0.25, 0.3) is 16.0 Å². The minimum Gasteiger partial charge on any atom is -0.493 e. The molecule has 2 aliphatic rings. The number of amides is 1. The second-order valence-electron chi connectivity index (χ2n) is 8.99. The number of nitrogens with zero attached hydrogens (tertiary/aromatic N) is 4. The van der Waals surface area contributed by atoms with Crippen molar-refractivity contribution in [2.75, 3.05) is 77.1 Å². The SMILES string of the molecule is COc1cc2nc(N3CCN(C(=O)C4COc5ccccc5O4)CC3)nc(N)c2cc1OC.CS(=O)(=O)O.OCCO. The third-order valence-corrected chi connectivity index (χ3v) is 5.98. The van der Waals surface area contributed by atoms with Crippen molar-refractivity contribution < 1.29 is 46.9 Å². The maximum absolute atomic E-state index is 13.0. The fraction of sp³-hybridized carbons (Fsp3) is 0.423. The minimum absolute atomic E-state index is 0.0834. The molecule has 1 aromatic heterocycles. The number of fused-ring (bicyclic) bond motifs is 2. The Hall–Kier alpha value is -4.12. The first kappa shape index (κ1) is 32.4. The molecule has 0 bridgehead atoms. The number of ether oxygens (including phenoxy) is 4. The summed E-state index contributed by atoms with van der Waals surface area (Å²) < 4.78 is 48.2. The Kier molecular flexibility index (Phi) is 11.3. The highest BCUT2D eigenvalue weighted by Crippen LogP contribution is 2.34. The van der Waals surface area contributed by atoms with Crippen LogP contribution >= 0.6 is 0 Å². The third kappa shape index (κ3) is 8.69. The molecule has 230 valence electrons. The zero-order chi connectivity index (χ0) is 30.9. The predicted octanol–water partition coefficient (Wildman–Crippen LogP) is 0.193. The molecule has 3 aromatic rings. The van der Waals surface area contributed by atoms with Gasteiger partial charge in [0.1, 0.15) is 12.4 Å². The average molecular weight is 610 g/mol. The fourth-order valence-corrected chi connectivity index (χ4v) is 4.08. The van der Waals surface area contributed by atoms with E-state index < -0.39 is 16.2 Å². The van der Waals surface area contributed by atoms with Gasteiger partial charge in [0, 0.05) is 37.6 Å². The monoisotopic (exact) mass is 609 g/mol. The highest BCUT2D eigenvalue weighted by Gasteiger charge is 2.33. The zero-order valence-electron chi connectivity index (χ0n) is 23.5. The number of nitrogens with two attached hydrogens (primary N) is 1. The number of methoxy groups -OCH3 is 2. The smallest absolute Gasteiger partial charge is 0.267 e.